The van der Waals surface area contributed by atoms with Gasteiger partial charge in [-0.2, -0.15) is 0 Å². The number of rotatable bonds is 4. The van der Waals surface area contributed by atoms with E-state index in [1.807, 2.05) is 6.92 Å². The fraction of sp³-hybridized carbons (Fsp3) is 0.333. The summed E-state index contributed by atoms with van der Waals surface area (Å²) in [5.41, 5.74) is 6.30. The smallest absolute Gasteiger partial charge is 0.227 e. The Morgan fingerprint density at radius 2 is 2.11 bits per heavy atom. The molecular weight excluding hydrogens is 302 g/mol. The predicted octanol–water partition coefficient (Wildman–Crippen LogP) is 3.20. The number of amides is 1. The first kappa shape index (κ1) is 16.1. The average molecular weight is 318 g/mol. The largest absolute Gasteiger partial charge is 0.330 e. The third-order valence-electron chi connectivity index (χ3n) is 2.39. The topological polar surface area (TPSA) is 68.0 Å². The lowest BCUT2D eigenvalue weighted by atomic mass is 10.3. The van der Waals surface area contributed by atoms with Gasteiger partial charge < -0.3 is 11.1 Å². The van der Waals surface area contributed by atoms with Crippen molar-refractivity contribution >= 4 is 46.1 Å². The highest BCUT2D eigenvalue weighted by Crippen LogP contribution is 2.34. The number of nitrogens with zero attached hydrogens (tertiary/aromatic N) is 1. The highest BCUT2D eigenvalue weighted by molar-refractivity contribution is 7.18. The molecule has 4 nitrogen and oxygen atoms in total. The number of carbonyl (C=O) groups excluding carboxylic acids is 1. The lowest BCUT2D eigenvalue weighted by Gasteiger charge is -1.98. The summed E-state index contributed by atoms with van der Waals surface area (Å²) < 4.78 is 0. The zero-order valence-electron chi connectivity index (χ0n) is 10.7. The molecule has 0 spiro atoms. The number of aryl methyl sites for hydroxylation is 2. The molecule has 2 heterocycles. The van der Waals surface area contributed by atoms with Gasteiger partial charge in [0.15, 0.2) is 5.13 Å². The zero-order chi connectivity index (χ0) is 13.1. The van der Waals surface area contributed by atoms with E-state index < -0.39 is 0 Å². The molecule has 0 radical (unpaired) electrons. The number of halogens is 1. The molecule has 2 rings (SSSR count). The maximum absolute atomic E-state index is 11.5. The summed E-state index contributed by atoms with van der Waals surface area (Å²) in [5.74, 6) is -0.0832. The molecule has 2 aromatic heterocycles. The quantitative estimate of drug-likeness (QED) is 0.910. The van der Waals surface area contributed by atoms with Crippen LogP contribution >= 0.6 is 35.1 Å². The van der Waals surface area contributed by atoms with Crippen LogP contribution in [0.3, 0.4) is 0 Å². The summed E-state index contributed by atoms with van der Waals surface area (Å²) in [6, 6.07) is 4.14. The van der Waals surface area contributed by atoms with Crippen molar-refractivity contribution in [2.45, 2.75) is 20.3 Å². The molecule has 19 heavy (non-hydrogen) atoms. The fourth-order valence-electron chi connectivity index (χ4n) is 1.55. The van der Waals surface area contributed by atoms with Gasteiger partial charge in [0.2, 0.25) is 5.91 Å². The summed E-state index contributed by atoms with van der Waals surface area (Å²) in [7, 11) is 0. The highest BCUT2D eigenvalue weighted by atomic mass is 35.5. The van der Waals surface area contributed by atoms with Gasteiger partial charge in [-0.25, -0.2) is 4.98 Å². The molecule has 0 atom stereocenters. The second kappa shape index (κ2) is 7.00. The summed E-state index contributed by atoms with van der Waals surface area (Å²) >= 11 is 3.20. The first-order valence-electron chi connectivity index (χ1n) is 5.64. The average Bonchev–Trinajstić information content (AvgIpc) is 2.85. The standard InChI is InChI=1S/C12H15N3OS2.ClH/c1-7-3-4-9(17-7)11-8(2)18-12(15-11)14-10(16)5-6-13;/h3-4H,5-6,13H2,1-2H3,(H,14,15,16);1H. The Morgan fingerprint density at radius 3 is 2.68 bits per heavy atom. The fourth-order valence-corrected chi connectivity index (χ4v) is 3.38. The molecule has 7 heteroatoms. The monoisotopic (exact) mass is 317 g/mol. The second-order valence-electron chi connectivity index (χ2n) is 3.92. The molecule has 0 aliphatic carbocycles. The number of hydrogen-bond donors (Lipinski definition) is 2. The summed E-state index contributed by atoms with van der Waals surface area (Å²) in [5, 5.41) is 3.42. The van der Waals surface area contributed by atoms with Crippen molar-refractivity contribution in [1.82, 2.24) is 4.98 Å². The van der Waals surface area contributed by atoms with Crippen molar-refractivity contribution in [3.05, 3.63) is 21.9 Å². The third kappa shape index (κ3) is 4.01. The Morgan fingerprint density at radius 1 is 1.37 bits per heavy atom. The molecule has 0 aromatic carbocycles. The minimum Gasteiger partial charge on any atom is -0.330 e. The van der Waals surface area contributed by atoms with Gasteiger partial charge in [-0.1, -0.05) is 0 Å². The Bertz CT molecular complexity index is 565. The van der Waals surface area contributed by atoms with Gasteiger partial charge >= 0.3 is 0 Å². The predicted molar refractivity (Wildman–Crippen MR) is 84.5 cm³/mol. The van der Waals surface area contributed by atoms with E-state index in [9.17, 15) is 4.79 Å². The van der Waals surface area contributed by atoms with Crippen LogP contribution in [-0.4, -0.2) is 17.4 Å². The van der Waals surface area contributed by atoms with Crippen molar-refractivity contribution in [2.75, 3.05) is 11.9 Å². The van der Waals surface area contributed by atoms with Crippen LogP contribution in [0.2, 0.25) is 0 Å². The Hall–Kier alpha value is -0.950. The number of carbonyl (C=O) groups is 1. The number of anilines is 1. The minimum absolute atomic E-state index is 0. The van der Waals surface area contributed by atoms with E-state index in [1.54, 1.807) is 11.3 Å². The van der Waals surface area contributed by atoms with Gasteiger partial charge in [0.1, 0.15) is 0 Å². The lowest BCUT2D eigenvalue weighted by Crippen LogP contribution is -2.15. The second-order valence-corrected chi connectivity index (χ2v) is 6.41. The molecule has 2 aromatic rings. The molecule has 104 valence electrons. The van der Waals surface area contributed by atoms with Gasteiger partial charge in [0.05, 0.1) is 10.6 Å². The summed E-state index contributed by atoms with van der Waals surface area (Å²) in [6.45, 7) is 4.44. The van der Waals surface area contributed by atoms with E-state index in [1.165, 1.54) is 16.2 Å². The number of thiophene rings is 1. The van der Waals surface area contributed by atoms with E-state index in [4.69, 9.17) is 5.73 Å². The van der Waals surface area contributed by atoms with Gasteiger partial charge in [-0.15, -0.1) is 35.1 Å². The van der Waals surface area contributed by atoms with Gasteiger partial charge in [-0.05, 0) is 26.0 Å². The van der Waals surface area contributed by atoms with Crippen LogP contribution < -0.4 is 11.1 Å². The van der Waals surface area contributed by atoms with Crippen molar-refractivity contribution < 1.29 is 4.79 Å². The molecule has 3 N–H and O–H groups in total. The Labute approximate surface area is 126 Å². The molecule has 0 unspecified atom stereocenters. The maximum atomic E-state index is 11.5. The molecule has 0 saturated heterocycles. The van der Waals surface area contributed by atoms with E-state index in [0.29, 0.717) is 18.1 Å². The van der Waals surface area contributed by atoms with Crippen LogP contribution in [-0.2, 0) is 4.79 Å². The first-order valence-corrected chi connectivity index (χ1v) is 7.27. The van der Waals surface area contributed by atoms with Crippen molar-refractivity contribution in [2.24, 2.45) is 5.73 Å². The first-order chi connectivity index (χ1) is 8.60. The lowest BCUT2D eigenvalue weighted by molar-refractivity contribution is -0.116. The minimum atomic E-state index is -0.0832. The number of nitrogens with one attached hydrogen (secondary N) is 1. The van der Waals surface area contributed by atoms with Gasteiger partial charge in [-0.3, -0.25) is 4.79 Å². The van der Waals surface area contributed by atoms with Gasteiger partial charge in [0.25, 0.3) is 0 Å². The number of aromatic nitrogens is 1. The molecular formula is C12H16ClN3OS2. The zero-order valence-corrected chi connectivity index (χ0v) is 13.2. The summed E-state index contributed by atoms with van der Waals surface area (Å²) in [6.07, 6.45) is 0.325. The van der Waals surface area contributed by atoms with Crippen LogP contribution in [0.4, 0.5) is 5.13 Å². The van der Waals surface area contributed by atoms with Crippen LogP contribution in [0, 0.1) is 13.8 Å². The van der Waals surface area contributed by atoms with E-state index in [-0.39, 0.29) is 18.3 Å². The van der Waals surface area contributed by atoms with Gasteiger partial charge in [0, 0.05) is 22.7 Å². The number of hydrogen-bond acceptors (Lipinski definition) is 5. The number of thiazole rings is 1. The Balaban J connectivity index is 0.00000180. The Kier molecular flexibility index (Phi) is 5.93. The highest BCUT2D eigenvalue weighted by Gasteiger charge is 2.12. The van der Waals surface area contributed by atoms with Crippen molar-refractivity contribution in [1.29, 1.82) is 0 Å². The van der Waals surface area contributed by atoms with Crippen LogP contribution in [0.15, 0.2) is 12.1 Å². The van der Waals surface area contributed by atoms with Crippen molar-refractivity contribution in [3.63, 3.8) is 0 Å². The molecule has 1 amide bonds. The van der Waals surface area contributed by atoms with E-state index in [2.05, 4.69) is 29.4 Å². The molecule has 0 aliphatic heterocycles. The van der Waals surface area contributed by atoms with E-state index in [0.717, 1.165) is 15.4 Å². The summed E-state index contributed by atoms with van der Waals surface area (Å²) in [4.78, 5) is 19.4. The van der Waals surface area contributed by atoms with Crippen LogP contribution in [0.5, 0.6) is 0 Å². The van der Waals surface area contributed by atoms with Crippen LogP contribution in [0.25, 0.3) is 10.6 Å². The SMILES string of the molecule is Cc1ccc(-c2nc(NC(=O)CCN)sc2C)s1.Cl. The van der Waals surface area contributed by atoms with E-state index >= 15 is 0 Å². The molecule has 0 saturated carbocycles. The maximum Gasteiger partial charge on any atom is 0.227 e. The normalized spacial score (nSPS) is 10.1. The third-order valence-corrected chi connectivity index (χ3v) is 4.28. The van der Waals surface area contributed by atoms with Crippen molar-refractivity contribution in [3.8, 4) is 10.6 Å². The molecule has 0 aliphatic rings. The van der Waals surface area contributed by atoms with Crippen LogP contribution in [0.1, 0.15) is 16.2 Å². The molecule has 0 bridgehead atoms. The number of nitrogens with two attached hydrogens (primary N) is 1. The molecule has 0 fully saturated rings.